The minimum Gasteiger partial charge on any atom is -0.397 e. The van der Waals surface area contributed by atoms with Gasteiger partial charge in [-0.05, 0) is 67.6 Å². The number of hydrogen-bond acceptors (Lipinski definition) is 2. The summed E-state index contributed by atoms with van der Waals surface area (Å²) in [5.41, 5.74) is 14.6. The largest absolute Gasteiger partial charge is 0.397 e. The van der Waals surface area contributed by atoms with Gasteiger partial charge in [-0.2, -0.15) is 0 Å². The molecule has 0 aromatic heterocycles. The molecular weight excluding hydrogens is 244 g/mol. The molecule has 0 saturated heterocycles. The molecule has 0 bridgehead atoms. The monoisotopic (exact) mass is 268 g/mol. The second-order valence-electron chi connectivity index (χ2n) is 5.78. The van der Waals surface area contributed by atoms with Crippen molar-refractivity contribution in [2.24, 2.45) is 0 Å². The van der Waals surface area contributed by atoms with Crippen molar-refractivity contribution < 1.29 is 0 Å². The van der Waals surface area contributed by atoms with Crippen molar-refractivity contribution in [2.75, 3.05) is 17.7 Å². The SMILES string of the molecule is Cc1ccc(N(C)Cc2cc(C)c(C)cc2C)c(N)c1. The lowest BCUT2D eigenvalue weighted by Crippen LogP contribution is -2.18. The highest BCUT2D eigenvalue weighted by atomic mass is 15.1. The van der Waals surface area contributed by atoms with Crippen LogP contribution in [0.5, 0.6) is 0 Å². The molecule has 2 heteroatoms. The van der Waals surface area contributed by atoms with E-state index in [4.69, 9.17) is 5.73 Å². The first-order valence-corrected chi connectivity index (χ1v) is 7.02. The van der Waals surface area contributed by atoms with Gasteiger partial charge in [-0.25, -0.2) is 0 Å². The summed E-state index contributed by atoms with van der Waals surface area (Å²) in [6.07, 6.45) is 0. The Labute approximate surface area is 122 Å². The highest BCUT2D eigenvalue weighted by molar-refractivity contribution is 5.68. The lowest BCUT2D eigenvalue weighted by Gasteiger charge is -2.23. The van der Waals surface area contributed by atoms with E-state index in [0.29, 0.717) is 0 Å². The molecule has 0 radical (unpaired) electrons. The summed E-state index contributed by atoms with van der Waals surface area (Å²) in [6.45, 7) is 9.44. The molecule has 0 heterocycles. The Morgan fingerprint density at radius 1 is 0.900 bits per heavy atom. The first-order chi connectivity index (χ1) is 9.38. The summed E-state index contributed by atoms with van der Waals surface area (Å²) < 4.78 is 0. The van der Waals surface area contributed by atoms with Gasteiger partial charge in [0.25, 0.3) is 0 Å². The van der Waals surface area contributed by atoms with Crippen LogP contribution in [0.3, 0.4) is 0 Å². The molecule has 0 unspecified atom stereocenters. The van der Waals surface area contributed by atoms with Gasteiger partial charge in [0.15, 0.2) is 0 Å². The van der Waals surface area contributed by atoms with Crippen molar-refractivity contribution >= 4 is 11.4 Å². The van der Waals surface area contributed by atoms with E-state index in [1.165, 1.54) is 27.8 Å². The second-order valence-corrected chi connectivity index (χ2v) is 5.78. The van der Waals surface area contributed by atoms with Crippen molar-refractivity contribution in [3.63, 3.8) is 0 Å². The number of nitrogens with zero attached hydrogens (tertiary/aromatic N) is 1. The number of aryl methyl sites for hydroxylation is 4. The van der Waals surface area contributed by atoms with Gasteiger partial charge in [-0.15, -0.1) is 0 Å². The summed E-state index contributed by atoms with van der Waals surface area (Å²) in [6, 6.07) is 10.8. The standard InChI is InChI=1S/C18H24N2/c1-12-6-7-18(17(19)8-12)20(5)11-16-10-14(3)13(2)9-15(16)4/h6-10H,11,19H2,1-5H3. The maximum absolute atomic E-state index is 6.13. The van der Waals surface area contributed by atoms with Crippen LogP contribution >= 0.6 is 0 Å². The third-order valence-electron chi connectivity index (χ3n) is 3.95. The Balaban J connectivity index is 2.27. The van der Waals surface area contributed by atoms with Crippen LogP contribution in [0, 0.1) is 27.7 Å². The lowest BCUT2D eigenvalue weighted by molar-refractivity contribution is 0.912. The number of hydrogen-bond donors (Lipinski definition) is 1. The molecule has 20 heavy (non-hydrogen) atoms. The molecule has 2 nitrogen and oxygen atoms in total. The van der Waals surface area contributed by atoms with Crippen molar-refractivity contribution in [2.45, 2.75) is 34.2 Å². The Kier molecular flexibility index (Phi) is 4.03. The molecule has 0 amide bonds. The summed E-state index contributed by atoms with van der Waals surface area (Å²) in [5.74, 6) is 0. The van der Waals surface area contributed by atoms with Gasteiger partial charge in [0.1, 0.15) is 0 Å². The van der Waals surface area contributed by atoms with E-state index in [0.717, 1.165) is 17.9 Å². The number of benzene rings is 2. The Morgan fingerprint density at radius 3 is 2.20 bits per heavy atom. The van der Waals surface area contributed by atoms with Crippen LogP contribution in [0.2, 0.25) is 0 Å². The van der Waals surface area contributed by atoms with E-state index in [1.54, 1.807) is 0 Å². The third-order valence-corrected chi connectivity index (χ3v) is 3.95. The average molecular weight is 268 g/mol. The van der Waals surface area contributed by atoms with Crippen molar-refractivity contribution in [1.29, 1.82) is 0 Å². The van der Waals surface area contributed by atoms with Crippen LogP contribution in [0.1, 0.15) is 27.8 Å². The zero-order chi connectivity index (χ0) is 14.9. The van der Waals surface area contributed by atoms with E-state index < -0.39 is 0 Å². The highest BCUT2D eigenvalue weighted by Crippen LogP contribution is 2.26. The molecule has 0 aliphatic carbocycles. The van der Waals surface area contributed by atoms with Gasteiger partial charge in [0, 0.05) is 13.6 Å². The van der Waals surface area contributed by atoms with Crippen molar-refractivity contribution in [3.8, 4) is 0 Å². The van der Waals surface area contributed by atoms with Crippen molar-refractivity contribution in [3.05, 3.63) is 58.1 Å². The summed E-state index contributed by atoms with van der Waals surface area (Å²) in [4.78, 5) is 2.21. The summed E-state index contributed by atoms with van der Waals surface area (Å²) >= 11 is 0. The molecular formula is C18H24N2. The number of nitrogen functional groups attached to an aromatic ring is 1. The number of rotatable bonds is 3. The maximum atomic E-state index is 6.13. The van der Waals surface area contributed by atoms with Crippen LogP contribution < -0.4 is 10.6 Å². The zero-order valence-corrected chi connectivity index (χ0v) is 13.1. The van der Waals surface area contributed by atoms with Crippen LogP contribution in [-0.2, 0) is 6.54 Å². The first kappa shape index (κ1) is 14.4. The van der Waals surface area contributed by atoms with Gasteiger partial charge in [0.2, 0.25) is 0 Å². The molecule has 0 aliphatic heterocycles. The Hall–Kier alpha value is -1.96. The van der Waals surface area contributed by atoms with E-state index in [-0.39, 0.29) is 0 Å². The Bertz CT molecular complexity index is 630. The van der Waals surface area contributed by atoms with E-state index in [2.05, 4.69) is 63.9 Å². The lowest BCUT2D eigenvalue weighted by atomic mass is 10.0. The van der Waals surface area contributed by atoms with Crippen LogP contribution in [0.4, 0.5) is 11.4 Å². The predicted molar refractivity (Wildman–Crippen MR) is 88.4 cm³/mol. The van der Waals surface area contributed by atoms with Crippen LogP contribution in [0.15, 0.2) is 30.3 Å². The van der Waals surface area contributed by atoms with E-state index in [9.17, 15) is 0 Å². The highest BCUT2D eigenvalue weighted by Gasteiger charge is 2.09. The number of nitrogens with two attached hydrogens (primary N) is 1. The fraction of sp³-hybridized carbons (Fsp3) is 0.333. The minimum absolute atomic E-state index is 0.842. The molecule has 0 spiro atoms. The molecule has 2 aromatic carbocycles. The molecule has 0 saturated carbocycles. The quantitative estimate of drug-likeness (QED) is 0.848. The fourth-order valence-electron chi connectivity index (χ4n) is 2.55. The molecule has 2 N–H and O–H groups in total. The van der Waals surface area contributed by atoms with Crippen LogP contribution in [0.25, 0.3) is 0 Å². The summed E-state index contributed by atoms with van der Waals surface area (Å²) in [5, 5.41) is 0. The maximum Gasteiger partial charge on any atom is 0.0600 e. The minimum atomic E-state index is 0.842. The molecule has 0 atom stereocenters. The van der Waals surface area contributed by atoms with Gasteiger partial charge in [0.05, 0.1) is 11.4 Å². The van der Waals surface area contributed by atoms with E-state index >= 15 is 0 Å². The van der Waals surface area contributed by atoms with E-state index in [1.807, 2.05) is 6.07 Å². The van der Waals surface area contributed by atoms with Gasteiger partial charge in [-0.3, -0.25) is 0 Å². The predicted octanol–water partition coefficient (Wildman–Crippen LogP) is 4.14. The number of anilines is 2. The first-order valence-electron chi connectivity index (χ1n) is 7.02. The topological polar surface area (TPSA) is 29.3 Å². The van der Waals surface area contributed by atoms with Crippen LogP contribution in [-0.4, -0.2) is 7.05 Å². The van der Waals surface area contributed by atoms with Gasteiger partial charge < -0.3 is 10.6 Å². The molecule has 0 aliphatic rings. The molecule has 2 aromatic rings. The third kappa shape index (κ3) is 2.96. The molecule has 2 rings (SSSR count). The van der Waals surface area contributed by atoms with Crippen molar-refractivity contribution in [1.82, 2.24) is 0 Å². The average Bonchev–Trinajstić information content (AvgIpc) is 2.35. The normalized spacial score (nSPS) is 10.7. The molecule has 106 valence electrons. The zero-order valence-electron chi connectivity index (χ0n) is 13.1. The fourth-order valence-corrected chi connectivity index (χ4v) is 2.55. The summed E-state index contributed by atoms with van der Waals surface area (Å²) in [7, 11) is 2.09. The second kappa shape index (κ2) is 5.58. The Morgan fingerprint density at radius 2 is 1.55 bits per heavy atom. The van der Waals surface area contributed by atoms with Gasteiger partial charge in [-0.1, -0.05) is 18.2 Å². The van der Waals surface area contributed by atoms with Gasteiger partial charge >= 0.3 is 0 Å². The smallest absolute Gasteiger partial charge is 0.0600 e. The molecule has 0 fully saturated rings.